The van der Waals surface area contributed by atoms with Crippen molar-refractivity contribution in [3.8, 4) is 11.5 Å². The SMILES string of the molecule is NCC1OC(CC23CC4CC(CC(C4)C2)C3)Cc2c1ccc(O)c2O. The van der Waals surface area contributed by atoms with Crippen molar-refractivity contribution >= 4 is 0 Å². The van der Waals surface area contributed by atoms with Crippen molar-refractivity contribution < 1.29 is 14.9 Å². The number of hydrogen-bond donors (Lipinski definition) is 3. The van der Waals surface area contributed by atoms with Crippen LogP contribution in [0.4, 0.5) is 0 Å². The van der Waals surface area contributed by atoms with Gasteiger partial charge in [0.15, 0.2) is 11.5 Å². The van der Waals surface area contributed by atoms with Crippen molar-refractivity contribution in [3.63, 3.8) is 0 Å². The van der Waals surface area contributed by atoms with Gasteiger partial charge in [0.05, 0.1) is 12.2 Å². The molecule has 1 aliphatic heterocycles. The summed E-state index contributed by atoms with van der Waals surface area (Å²) >= 11 is 0. The molecule has 4 heteroatoms. The first-order chi connectivity index (χ1) is 12.0. The first-order valence-electron chi connectivity index (χ1n) is 9.94. The van der Waals surface area contributed by atoms with Gasteiger partial charge < -0.3 is 20.7 Å². The maximum Gasteiger partial charge on any atom is 0.161 e. The molecule has 2 unspecified atom stereocenters. The number of rotatable bonds is 3. The fraction of sp³-hybridized carbons (Fsp3) is 0.714. The molecule has 4 nitrogen and oxygen atoms in total. The predicted octanol–water partition coefficient (Wildman–Crippen LogP) is 3.65. The molecular formula is C21H29NO3. The van der Waals surface area contributed by atoms with E-state index in [1.54, 1.807) is 6.07 Å². The molecule has 0 spiro atoms. The molecule has 5 aliphatic rings. The highest BCUT2D eigenvalue weighted by atomic mass is 16.5. The Labute approximate surface area is 149 Å². The fourth-order valence-corrected chi connectivity index (χ4v) is 7.06. The summed E-state index contributed by atoms with van der Waals surface area (Å²) in [7, 11) is 0. The van der Waals surface area contributed by atoms with E-state index in [4.69, 9.17) is 10.5 Å². The van der Waals surface area contributed by atoms with Gasteiger partial charge in [0.2, 0.25) is 0 Å². The number of aromatic hydroxyl groups is 2. The molecule has 0 radical (unpaired) electrons. The Bertz CT molecular complexity index is 651. The van der Waals surface area contributed by atoms with E-state index in [9.17, 15) is 10.2 Å². The van der Waals surface area contributed by atoms with Crippen LogP contribution in [0.5, 0.6) is 11.5 Å². The monoisotopic (exact) mass is 343 g/mol. The molecule has 0 aromatic heterocycles. The van der Waals surface area contributed by atoms with Gasteiger partial charge in [-0.25, -0.2) is 0 Å². The molecule has 4 fully saturated rings. The summed E-state index contributed by atoms with van der Waals surface area (Å²) in [6, 6.07) is 3.39. The minimum absolute atomic E-state index is 0.0229. The topological polar surface area (TPSA) is 75.7 Å². The predicted molar refractivity (Wildman–Crippen MR) is 95.4 cm³/mol. The molecule has 4 aliphatic carbocycles. The Kier molecular flexibility index (Phi) is 3.58. The molecule has 1 aromatic carbocycles. The Morgan fingerprint density at radius 3 is 2.28 bits per heavy atom. The van der Waals surface area contributed by atoms with E-state index in [2.05, 4.69) is 0 Å². The molecule has 0 amide bonds. The van der Waals surface area contributed by atoms with Gasteiger partial charge in [-0.3, -0.25) is 0 Å². The van der Waals surface area contributed by atoms with Crippen molar-refractivity contribution in [1.29, 1.82) is 0 Å². The average molecular weight is 343 g/mol. The van der Waals surface area contributed by atoms with Crippen molar-refractivity contribution in [2.24, 2.45) is 28.9 Å². The van der Waals surface area contributed by atoms with Crippen LogP contribution >= 0.6 is 0 Å². The van der Waals surface area contributed by atoms with Crippen LogP contribution in [-0.2, 0) is 11.2 Å². The zero-order chi connectivity index (χ0) is 17.2. The lowest BCUT2D eigenvalue weighted by Gasteiger charge is -2.58. The quantitative estimate of drug-likeness (QED) is 0.732. The van der Waals surface area contributed by atoms with Crippen LogP contribution in [0.25, 0.3) is 0 Å². The second-order valence-corrected chi connectivity index (χ2v) is 9.31. The second-order valence-electron chi connectivity index (χ2n) is 9.31. The second kappa shape index (κ2) is 5.62. The smallest absolute Gasteiger partial charge is 0.161 e. The zero-order valence-electron chi connectivity index (χ0n) is 14.8. The summed E-state index contributed by atoms with van der Waals surface area (Å²) in [5.74, 6) is 2.79. The summed E-state index contributed by atoms with van der Waals surface area (Å²) in [5, 5.41) is 20.3. The number of nitrogens with two attached hydrogens (primary N) is 1. The summed E-state index contributed by atoms with van der Waals surface area (Å²) in [4.78, 5) is 0. The molecule has 2 atom stereocenters. The van der Waals surface area contributed by atoms with Gasteiger partial charge in [0, 0.05) is 18.5 Å². The van der Waals surface area contributed by atoms with E-state index >= 15 is 0 Å². The van der Waals surface area contributed by atoms with E-state index in [-0.39, 0.29) is 23.7 Å². The van der Waals surface area contributed by atoms with Crippen LogP contribution in [0.2, 0.25) is 0 Å². The van der Waals surface area contributed by atoms with Gasteiger partial charge in [0.1, 0.15) is 0 Å². The summed E-state index contributed by atoms with van der Waals surface area (Å²) < 4.78 is 6.38. The molecule has 25 heavy (non-hydrogen) atoms. The van der Waals surface area contributed by atoms with Gasteiger partial charge in [-0.15, -0.1) is 0 Å². The molecule has 136 valence electrons. The van der Waals surface area contributed by atoms with Crippen LogP contribution in [0.3, 0.4) is 0 Å². The largest absolute Gasteiger partial charge is 0.504 e. The van der Waals surface area contributed by atoms with Crippen LogP contribution in [-0.4, -0.2) is 22.9 Å². The lowest BCUT2D eigenvalue weighted by molar-refractivity contribution is -0.104. The summed E-state index contributed by atoms with van der Waals surface area (Å²) in [5.41, 5.74) is 8.20. The summed E-state index contributed by atoms with van der Waals surface area (Å²) in [6.07, 6.45) is 10.2. The molecule has 4 bridgehead atoms. The van der Waals surface area contributed by atoms with Crippen molar-refractivity contribution in [1.82, 2.24) is 0 Å². The molecule has 6 rings (SSSR count). The maximum atomic E-state index is 10.4. The number of hydrogen-bond acceptors (Lipinski definition) is 4. The van der Waals surface area contributed by atoms with Crippen LogP contribution in [0, 0.1) is 23.2 Å². The van der Waals surface area contributed by atoms with E-state index in [1.807, 2.05) is 6.07 Å². The van der Waals surface area contributed by atoms with Gasteiger partial charge in [-0.05, 0) is 79.7 Å². The Morgan fingerprint density at radius 2 is 1.68 bits per heavy atom. The Balaban J connectivity index is 1.41. The molecule has 1 aromatic rings. The van der Waals surface area contributed by atoms with E-state index in [1.165, 1.54) is 38.5 Å². The number of phenolic OH excluding ortho intramolecular Hbond substituents is 2. The normalized spacial score (nSPS) is 41.7. The van der Waals surface area contributed by atoms with Gasteiger partial charge in [0.25, 0.3) is 0 Å². The molecular weight excluding hydrogens is 314 g/mol. The fourth-order valence-electron chi connectivity index (χ4n) is 7.06. The maximum absolute atomic E-state index is 10.4. The molecule has 0 saturated heterocycles. The van der Waals surface area contributed by atoms with Crippen LogP contribution in [0.1, 0.15) is 62.2 Å². The van der Waals surface area contributed by atoms with E-state index in [0.29, 0.717) is 18.4 Å². The minimum Gasteiger partial charge on any atom is -0.504 e. The molecule has 1 heterocycles. The lowest BCUT2D eigenvalue weighted by atomic mass is 9.48. The van der Waals surface area contributed by atoms with E-state index < -0.39 is 0 Å². The highest BCUT2D eigenvalue weighted by Gasteiger charge is 2.51. The van der Waals surface area contributed by atoms with Crippen LogP contribution < -0.4 is 5.73 Å². The van der Waals surface area contributed by atoms with Crippen molar-refractivity contribution in [2.75, 3.05) is 6.54 Å². The highest BCUT2D eigenvalue weighted by Crippen LogP contribution is 2.62. The third-order valence-corrected chi connectivity index (χ3v) is 7.47. The van der Waals surface area contributed by atoms with Crippen LogP contribution in [0.15, 0.2) is 12.1 Å². The number of fused-ring (bicyclic) bond motifs is 1. The number of ether oxygens (including phenoxy) is 1. The van der Waals surface area contributed by atoms with Crippen molar-refractivity contribution in [2.45, 2.75) is 63.6 Å². The van der Waals surface area contributed by atoms with Gasteiger partial charge >= 0.3 is 0 Å². The molecule has 4 saturated carbocycles. The average Bonchev–Trinajstić information content (AvgIpc) is 2.56. The number of benzene rings is 1. The van der Waals surface area contributed by atoms with Crippen molar-refractivity contribution in [3.05, 3.63) is 23.3 Å². The van der Waals surface area contributed by atoms with E-state index in [0.717, 1.165) is 35.3 Å². The zero-order valence-corrected chi connectivity index (χ0v) is 14.8. The standard InChI is InChI=1S/C21H29NO3/c22-11-19-16-1-2-18(23)20(24)17(16)6-15(25-19)10-21-7-12-3-13(8-21)5-14(4-12)9-21/h1-2,12-15,19,23-24H,3-11,22H2. The molecule has 4 N–H and O–H groups in total. The number of phenols is 2. The third-order valence-electron chi connectivity index (χ3n) is 7.47. The van der Waals surface area contributed by atoms with Gasteiger partial charge in [-0.2, -0.15) is 0 Å². The lowest BCUT2D eigenvalue weighted by Crippen LogP contribution is -2.48. The first-order valence-corrected chi connectivity index (χ1v) is 9.94. The first kappa shape index (κ1) is 16.0. The minimum atomic E-state index is -0.172. The Morgan fingerprint density at radius 1 is 1.04 bits per heavy atom. The van der Waals surface area contributed by atoms with Gasteiger partial charge in [-0.1, -0.05) is 6.07 Å². The third kappa shape index (κ3) is 2.57. The highest BCUT2D eigenvalue weighted by molar-refractivity contribution is 5.51. The Hall–Kier alpha value is -1.26. The summed E-state index contributed by atoms with van der Waals surface area (Å²) in [6.45, 7) is 0.411.